The number of pyridine rings is 1. The molecule has 0 bridgehead atoms. The molecule has 0 aliphatic heterocycles. The molecule has 6 heteroatoms. The van der Waals surface area contributed by atoms with Crippen LogP contribution in [0.5, 0.6) is 0 Å². The number of nitrogens with zero attached hydrogens (tertiary/aromatic N) is 1. The first-order valence-corrected chi connectivity index (χ1v) is 7.25. The molecule has 0 aliphatic carbocycles. The van der Waals surface area contributed by atoms with Gasteiger partial charge in [0.25, 0.3) is 5.91 Å². The number of halogens is 2. The second-order valence-electron chi connectivity index (χ2n) is 4.44. The van der Waals surface area contributed by atoms with Gasteiger partial charge in [0, 0.05) is 24.3 Å². The number of amides is 1. The van der Waals surface area contributed by atoms with E-state index in [1.54, 1.807) is 25.4 Å². The van der Waals surface area contributed by atoms with Crippen LogP contribution in [-0.2, 0) is 6.42 Å². The number of carbonyl (C=O) groups excluding carboxylic acids is 1. The minimum absolute atomic E-state index is 0.218. The molecule has 1 aromatic carbocycles. The van der Waals surface area contributed by atoms with Gasteiger partial charge in [0.05, 0.1) is 5.56 Å². The van der Waals surface area contributed by atoms with Crippen LogP contribution in [0.25, 0.3) is 0 Å². The summed E-state index contributed by atoms with van der Waals surface area (Å²) in [6.45, 7) is 0.429. The van der Waals surface area contributed by atoms with Crippen LogP contribution in [0, 0.1) is 5.82 Å². The zero-order valence-electron chi connectivity index (χ0n) is 11.5. The molecule has 2 rings (SSSR count). The monoisotopic (exact) mass is 351 g/mol. The Kier molecular flexibility index (Phi) is 5.27. The molecule has 0 fully saturated rings. The average Bonchev–Trinajstić information content (AvgIpc) is 2.47. The van der Waals surface area contributed by atoms with Gasteiger partial charge in [0.1, 0.15) is 11.6 Å². The Morgan fingerprint density at radius 3 is 2.90 bits per heavy atom. The third kappa shape index (κ3) is 4.26. The van der Waals surface area contributed by atoms with Gasteiger partial charge < -0.3 is 10.6 Å². The van der Waals surface area contributed by atoms with E-state index < -0.39 is 0 Å². The highest BCUT2D eigenvalue weighted by Gasteiger charge is 2.12. The maximum absolute atomic E-state index is 13.1. The summed E-state index contributed by atoms with van der Waals surface area (Å²) in [6.07, 6.45) is 2.19. The molecular formula is C15H15BrFN3O. The third-order valence-electron chi connectivity index (χ3n) is 2.92. The van der Waals surface area contributed by atoms with E-state index in [9.17, 15) is 9.18 Å². The van der Waals surface area contributed by atoms with Crippen LogP contribution in [0.4, 0.5) is 10.2 Å². The summed E-state index contributed by atoms with van der Waals surface area (Å²) in [7, 11) is 1.71. The minimum atomic E-state index is -0.271. The van der Waals surface area contributed by atoms with Crippen molar-refractivity contribution in [2.45, 2.75) is 6.42 Å². The molecule has 0 unspecified atom stereocenters. The van der Waals surface area contributed by atoms with Crippen LogP contribution >= 0.6 is 15.9 Å². The van der Waals surface area contributed by atoms with E-state index in [4.69, 9.17) is 0 Å². The number of hydrogen-bond acceptors (Lipinski definition) is 3. The van der Waals surface area contributed by atoms with Gasteiger partial charge in [0.15, 0.2) is 0 Å². The molecule has 2 N–H and O–H groups in total. The van der Waals surface area contributed by atoms with Crippen LogP contribution in [0.3, 0.4) is 0 Å². The van der Waals surface area contributed by atoms with Crippen molar-refractivity contribution in [3.05, 3.63) is 57.9 Å². The molecule has 4 nitrogen and oxygen atoms in total. The maximum atomic E-state index is 13.1. The summed E-state index contributed by atoms with van der Waals surface area (Å²) in [5.74, 6) is 0.0264. The summed E-state index contributed by atoms with van der Waals surface area (Å²) in [5, 5.41) is 5.68. The lowest BCUT2D eigenvalue weighted by Crippen LogP contribution is -2.26. The lowest BCUT2D eigenvalue weighted by atomic mass is 10.1. The second-order valence-corrected chi connectivity index (χ2v) is 5.35. The molecule has 110 valence electrons. The van der Waals surface area contributed by atoms with E-state index in [2.05, 4.69) is 31.5 Å². The lowest BCUT2D eigenvalue weighted by molar-refractivity contribution is 0.0954. The van der Waals surface area contributed by atoms with Crippen molar-refractivity contribution in [2.75, 3.05) is 18.9 Å². The van der Waals surface area contributed by atoms with Crippen LogP contribution < -0.4 is 10.6 Å². The second kappa shape index (κ2) is 7.17. The molecule has 21 heavy (non-hydrogen) atoms. The molecule has 0 aliphatic rings. The summed E-state index contributed by atoms with van der Waals surface area (Å²) in [4.78, 5) is 16.3. The number of rotatable bonds is 5. The van der Waals surface area contributed by atoms with Gasteiger partial charge in [-0.05, 0) is 46.1 Å². The highest BCUT2D eigenvalue weighted by Crippen LogP contribution is 2.17. The molecule has 0 atom stereocenters. The number of hydrogen-bond donors (Lipinski definition) is 2. The molecule has 0 saturated heterocycles. The zero-order chi connectivity index (χ0) is 15.2. The Morgan fingerprint density at radius 1 is 1.38 bits per heavy atom. The van der Waals surface area contributed by atoms with E-state index in [1.807, 2.05) is 6.07 Å². The molecule has 0 spiro atoms. The fraction of sp³-hybridized carbons (Fsp3) is 0.200. The number of benzene rings is 1. The van der Waals surface area contributed by atoms with Crippen molar-refractivity contribution in [3.8, 4) is 0 Å². The average molecular weight is 352 g/mol. The Balaban J connectivity index is 1.97. The SMILES string of the molecule is CNc1ncc(Br)cc1C(=O)NCCc1cccc(F)c1. The smallest absolute Gasteiger partial charge is 0.255 e. The predicted octanol–water partition coefficient (Wildman–Crippen LogP) is 3.00. The first-order chi connectivity index (χ1) is 10.1. The van der Waals surface area contributed by atoms with Crippen molar-refractivity contribution < 1.29 is 9.18 Å². The topological polar surface area (TPSA) is 54.0 Å². The van der Waals surface area contributed by atoms with Gasteiger partial charge in [-0.3, -0.25) is 4.79 Å². The van der Waals surface area contributed by atoms with Gasteiger partial charge >= 0.3 is 0 Å². The predicted molar refractivity (Wildman–Crippen MR) is 83.9 cm³/mol. The zero-order valence-corrected chi connectivity index (χ0v) is 13.1. The summed E-state index contributed by atoms with van der Waals surface area (Å²) >= 11 is 3.29. The summed E-state index contributed by atoms with van der Waals surface area (Å²) < 4.78 is 13.8. The van der Waals surface area contributed by atoms with E-state index >= 15 is 0 Å². The number of nitrogens with one attached hydrogen (secondary N) is 2. The minimum Gasteiger partial charge on any atom is -0.372 e. The van der Waals surface area contributed by atoms with Crippen molar-refractivity contribution in [1.29, 1.82) is 0 Å². The Hall–Kier alpha value is -1.95. The molecule has 2 aromatic rings. The Morgan fingerprint density at radius 2 is 2.19 bits per heavy atom. The van der Waals surface area contributed by atoms with Crippen LogP contribution in [0.1, 0.15) is 15.9 Å². The summed E-state index contributed by atoms with van der Waals surface area (Å²) in [5.41, 5.74) is 1.31. The quantitative estimate of drug-likeness (QED) is 0.870. The molecule has 0 radical (unpaired) electrons. The van der Waals surface area contributed by atoms with E-state index in [-0.39, 0.29) is 11.7 Å². The standard InChI is InChI=1S/C15H15BrFN3O/c1-18-14-13(8-11(16)9-20-14)15(21)19-6-5-10-3-2-4-12(17)7-10/h2-4,7-9H,5-6H2,1H3,(H,18,20)(H,19,21). The maximum Gasteiger partial charge on any atom is 0.255 e. The number of anilines is 1. The molecule has 1 heterocycles. The van der Waals surface area contributed by atoms with Gasteiger partial charge in [-0.1, -0.05) is 12.1 Å². The Labute approximate surface area is 130 Å². The molecule has 0 saturated carbocycles. The van der Waals surface area contributed by atoms with Gasteiger partial charge in [-0.25, -0.2) is 9.37 Å². The van der Waals surface area contributed by atoms with Crippen LogP contribution in [0.15, 0.2) is 41.0 Å². The molecule has 1 amide bonds. The largest absolute Gasteiger partial charge is 0.372 e. The van der Waals surface area contributed by atoms with Crippen LogP contribution in [-0.4, -0.2) is 24.5 Å². The highest BCUT2D eigenvalue weighted by atomic mass is 79.9. The first-order valence-electron chi connectivity index (χ1n) is 6.46. The Bertz CT molecular complexity index is 649. The van der Waals surface area contributed by atoms with Gasteiger partial charge in [0.2, 0.25) is 0 Å². The van der Waals surface area contributed by atoms with Crippen molar-refractivity contribution in [3.63, 3.8) is 0 Å². The first kappa shape index (κ1) is 15.4. The molecular weight excluding hydrogens is 337 g/mol. The van der Waals surface area contributed by atoms with Gasteiger partial charge in [-0.15, -0.1) is 0 Å². The van der Waals surface area contributed by atoms with E-state index in [1.165, 1.54) is 12.1 Å². The van der Waals surface area contributed by atoms with Crippen LogP contribution in [0.2, 0.25) is 0 Å². The third-order valence-corrected chi connectivity index (χ3v) is 3.36. The van der Waals surface area contributed by atoms with E-state index in [0.717, 1.165) is 10.0 Å². The highest BCUT2D eigenvalue weighted by molar-refractivity contribution is 9.10. The number of carbonyl (C=O) groups is 1. The molecule has 1 aromatic heterocycles. The number of aromatic nitrogens is 1. The van der Waals surface area contributed by atoms with Gasteiger partial charge in [-0.2, -0.15) is 0 Å². The van der Waals surface area contributed by atoms with Crippen molar-refractivity contribution >= 4 is 27.7 Å². The van der Waals surface area contributed by atoms with Crippen molar-refractivity contribution in [2.24, 2.45) is 0 Å². The normalized spacial score (nSPS) is 10.2. The fourth-order valence-corrected chi connectivity index (χ4v) is 2.25. The summed E-state index contributed by atoms with van der Waals surface area (Å²) in [6, 6.07) is 8.05. The van der Waals surface area contributed by atoms with E-state index in [0.29, 0.717) is 24.3 Å². The lowest BCUT2D eigenvalue weighted by Gasteiger charge is -2.09. The van der Waals surface area contributed by atoms with Crippen molar-refractivity contribution in [1.82, 2.24) is 10.3 Å². The fourth-order valence-electron chi connectivity index (χ4n) is 1.92.